The summed E-state index contributed by atoms with van der Waals surface area (Å²) in [6.45, 7) is 6.03. The summed E-state index contributed by atoms with van der Waals surface area (Å²) < 4.78 is 0. The van der Waals surface area contributed by atoms with Crippen LogP contribution in [0.25, 0.3) is 0 Å². The molecule has 2 rings (SSSR count). The van der Waals surface area contributed by atoms with Gasteiger partial charge in [0.15, 0.2) is 0 Å². The number of carbonyl (C=O) groups excluding carboxylic acids is 1. The van der Waals surface area contributed by atoms with Crippen LogP contribution < -0.4 is 10.6 Å². The Balaban J connectivity index is 2.01. The number of nitrogens with one attached hydrogen (secondary N) is 2. The topological polar surface area (TPSA) is 41.1 Å². The van der Waals surface area contributed by atoms with E-state index in [0.717, 1.165) is 5.69 Å². The predicted molar refractivity (Wildman–Crippen MR) is 87.5 cm³/mol. The first-order valence-electron chi connectivity index (χ1n) is 7.28. The third-order valence-electron chi connectivity index (χ3n) is 3.25. The summed E-state index contributed by atoms with van der Waals surface area (Å²) in [6.07, 6.45) is 0. The van der Waals surface area contributed by atoms with Crippen molar-refractivity contribution >= 4 is 11.6 Å². The molecule has 0 heterocycles. The van der Waals surface area contributed by atoms with Gasteiger partial charge in [-0.05, 0) is 50.6 Å². The molecule has 0 fully saturated rings. The highest BCUT2D eigenvalue weighted by Gasteiger charge is 2.08. The molecule has 110 valence electrons. The van der Waals surface area contributed by atoms with Crippen LogP contribution in [0.5, 0.6) is 0 Å². The molecule has 2 aromatic carbocycles. The van der Waals surface area contributed by atoms with E-state index in [0.29, 0.717) is 5.56 Å². The van der Waals surface area contributed by atoms with Crippen molar-refractivity contribution in [1.29, 1.82) is 0 Å². The van der Waals surface area contributed by atoms with Crippen molar-refractivity contribution in [3.63, 3.8) is 0 Å². The lowest BCUT2D eigenvalue weighted by atomic mass is 10.1. The van der Waals surface area contributed by atoms with E-state index in [-0.39, 0.29) is 18.0 Å². The van der Waals surface area contributed by atoms with Crippen molar-refractivity contribution in [1.82, 2.24) is 5.32 Å². The molecular weight excluding hydrogens is 260 g/mol. The molecule has 0 saturated carbocycles. The SMILES string of the molecule is CC(C)NC(=O)c1ccc(NC(C)c2ccccc2)cc1. The Morgan fingerprint density at radius 1 is 0.905 bits per heavy atom. The molecule has 1 atom stereocenters. The number of hydrogen-bond donors (Lipinski definition) is 2. The normalized spacial score (nSPS) is 12.0. The van der Waals surface area contributed by atoms with Gasteiger partial charge in [-0.15, -0.1) is 0 Å². The van der Waals surface area contributed by atoms with Crippen LogP contribution >= 0.6 is 0 Å². The molecule has 0 spiro atoms. The van der Waals surface area contributed by atoms with Crippen molar-refractivity contribution in [2.45, 2.75) is 32.9 Å². The molecule has 2 aromatic rings. The predicted octanol–water partition coefficient (Wildman–Crippen LogP) is 4.00. The average Bonchev–Trinajstić information content (AvgIpc) is 2.48. The molecule has 1 unspecified atom stereocenters. The number of carbonyl (C=O) groups is 1. The van der Waals surface area contributed by atoms with Crippen LogP contribution in [0, 0.1) is 0 Å². The largest absolute Gasteiger partial charge is 0.379 e. The van der Waals surface area contributed by atoms with E-state index < -0.39 is 0 Å². The van der Waals surface area contributed by atoms with Crippen LogP contribution in [-0.4, -0.2) is 11.9 Å². The Bertz CT molecular complexity index is 576. The van der Waals surface area contributed by atoms with Gasteiger partial charge in [0.2, 0.25) is 0 Å². The minimum atomic E-state index is -0.0346. The number of rotatable bonds is 5. The molecule has 0 aliphatic carbocycles. The molecule has 1 amide bonds. The number of hydrogen-bond acceptors (Lipinski definition) is 2. The number of anilines is 1. The van der Waals surface area contributed by atoms with Crippen LogP contribution in [0.2, 0.25) is 0 Å². The highest BCUT2D eigenvalue weighted by molar-refractivity contribution is 5.94. The first-order chi connectivity index (χ1) is 10.1. The zero-order chi connectivity index (χ0) is 15.2. The fourth-order valence-corrected chi connectivity index (χ4v) is 2.14. The second-order valence-corrected chi connectivity index (χ2v) is 5.48. The van der Waals surface area contributed by atoms with Crippen LogP contribution in [0.3, 0.4) is 0 Å². The van der Waals surface area contributed by atoms with Crippen molar-refractivity contribution in [3.05, 3.63) is 65.7 Å². The molecule has 0 bridgehead atoms. The minimum absolute atomic E-state index is 0.0346. The summed E-state index contributed by atoms with van der Waals surface area (Å²) in [7, 11) is 0. The van der Waals surface area contributed by atoms with Gasteiger partial charge in [-0.25, -0.2) is 0 Å². The molecule has 0 radical (unpaired) electrons. The van der Waals surface area contributed by atoms with Gasteiger partial charge in [-0.1, -0.05) is 30.3 Å². The van der Waals surface area contributed by atoms with E-state index in [9.17, 15) is 4.79 Å². The van der Waals surface area contributed by atoms with Crippen molar-refractivity contribution in [2.24, 2.45) is 0 Å². The van der Waals surface area contributed by atoms with E-state index in [1.165, 1.54) is 5.56 Å². The molecule has 2 N–H and O–H groups in total. The number of benzene rings is 2. The summed E-state index contributed by atoms with van der Waals surface area (Å²) in [5, 5.41) is 6.32. The fourth-order valence-electron chi connectivity index (χ4n) is 2.14. The van der Waals surface area contributed by atoms with E-state index in [1.54, 1.807) is 0 Å². The zero-order valence-corrected chi connectivity index (χ0v) is 12.8. The van der Waals surface area contributed by atoms with Gasteiger partial charge in [-0.3, -0.25) is 4.79 Å². The van der Waals surface area contributed by atoms with Crippen molar-refractivity contribution in [2.75, 3.05) is 5.32 Å². The summed E-state index contributed by atoms with van der Waals surface area (Å²) in [6, 6.07) is 18.2. The minimum Gasteiger partial charge on any atom is -0.379 e. The van der Waals surface area contributed by atoms with E-state index in [4.69, 9.17) is 0 Å². The molecule has 21 heavy (non-hydrogen) atoms. The van der Waals surface area contributed by atoms with E-state index >= 15 is 0 Å². The van der Waals surface area contributed by atoms with Crippen LogP contribution in [0.1, 0.15) is 42.7 Å². The molecule has 0 aliphatic rings. The summed E-state index contributed by atoms with van der Waals surface area (Å²) in [4.78, 5) is 11.9. The van der Waals surface area contributed by atoms with Crippen LogP contribution in [-0.2, 0) is 0 Å². The van der Waals surface area contributed by atoms with Crippen LogP contribution in [0.4, 0.5) is 5.69 Å². The maximum atomic E-state index is 11.9. The monoisotopic (exact) mass is 282 g/mol. The van der Waals surface area contributed by atoms with Gasteiger partial charge in [0.1, 0.15) is 0 Å². The van der Waals surface area contributed by atoms with Crippen LogP contribution in [0.15, 0.2) is 54.6 Å². The fraction of sp³-hybridized carbons (Fsp3) is 0.278. The Labute approximate surface area is 126 Å². The second kappa shape index (κ2) is 6.93. The highest BCUT2D eigenvalue weighted by Crippen LogP contribution is 2.19. The van der Waals surface area contributed by atoms with Crippen molar-refractivity contribution < 1.29 is 4.79 Å². The molecular formula is C18H22N2O. The quantitative estimate of drug-likeness (QED) is 0.870. The lowest BCUT2D eigenvalue weighted by Gasteiger charge is -2.16. The zero-order valence-electron chi connectivity index (χ0n) is 12.8. The van der Waals surface area contributed by atoms with Gasteiger partial charge in [0.05, 0.1) is 0 Å². The molecule has 3 nitrogen and oxygen atoms in total. The number of amides is 1. The average molecular weight is 282 g/mol. The standard InChI is InChI=1S/C18H22N2O/c1-13(2)19-18(21)16-9-11-17(12-10-16)20-14(3)15-7-5-4-6-8-15/h4-14,20H,1-3H3,(H,19,21). The summed E-state index contributed by atoms with van der Waals surface area (Å²) in [5.41, 5.74) is 2.92. The van der Waals surface area contributed by atoms with Crippen molar-refractivity contribution in [3.8, 4) is 0 Å². The highest BCUT2D eigenvalue weighted by atomic mass is 16.1. The maximum Gasteiger partial charge on any atom is 0.251 e. The Hall–Kier alpha value is -2.29. The Morgan fingerprint density at radius 3 is 2.10 bits per heavy atom. The molecule has 3 heteroatoms. The molecule has 0 aliphatic heterocycles. The van der Waals surface area contributed by atoms with Gasteiger partial charge < -0.3 is 10.6 Å². The van der Waals surface area contributed by atoms with E-state index in [1.807, 2.05) is 56.3 Å². The second-order valence-electron chi connectivity index (χ2n) is 5.48. The summed E-state index contributed by atoms with van der Waals surface area (Å²) in [5.74, 6) is -0.0346. The maximum absolute atomic E-state index is 11.9. The molecule has 0 saturated heterocycles. The Kier molecular flexibility index (Phi) is 4.99. The third-order valence-corrected chi connectivity index (χ3v) is 3.25. The van der Waals surface area contributed by atoms with E-state index in [2.05, 4.69) is 29.7 Å². The third kappa shape index (κ3) is 4.35. The van der Waals surface area contributed by atoms with Gasteiger partial charge in [0.25, 0.3) is 5.91 Å². The lowest BCUT2D eigenvalue weighted by molar-refractivity contribution is 0.0943. The first kappa shape index (κ1) is 15.1. The van der Waals surface area contributed by atoms with Gasteiger partial charge >= 0.3 is 0 Å². The Morgan fingerprint density at radius 2 is 1.52 bits per heavy atom. The van der Waals surface area contributed by atoms with Gasteiger partial charge in [0, 0.05) is 23.3 Å². The summed E-state index contributed by atoms with van der Waals surface area (Å²) >= 11 is 0. The smallest absolute Gasteiger partial charge is 0.251 e. The van der Waals surface area contributed by atoms with Gasteiger partial charge in [-0.2, -0.15) is 0 Å². The lowest BCUT2D eigenvalue weighted by Crippen LogP contribution is -2.29. The molecule has 0 aromatic heterocycles. The first-order valence-corrected chi connectivity index (χ1v) is 7.28.